The van der Waals surface area contributed by atoms with Crippen molar-refractivity contribution in [2.24, 2.45) is 5.41 Å². The fourth-order valence-electron chi connectivity index (χ4n) is 2.20. The van der Waals surface area contributed by atoms with Gasteiger partial charge in [0.1, 0.15) is 0 Å². The first-order chi connectivity index (χ1) is 8.32. The van der Waals surface area contributed by atoms with Crippen LogP contribution in [0.15, 0.2) is 22.7 Å². The Labute approximate surface area is 116 Å². The molecule has 0 aliphatic heterocycles. The zero-order chi connectivity index (χ0) is 13.5. The maximum absolute atomic E-state index is 12.2. The molecular weight excluding hydrogens is 294 g/mol. The van der Waals surface area contributed by atoms with Crippen LogP contribution in [0, 0.1) is 12.3 Å². The summed E-state index contributed by atoms with van der Waals surface area (Å²) >= 11 is 3.39. The molecule has 1 aliphatic rings. The Morgan fingerprint density at radius 2 is 2.17 bits per heavy atom. The van der Waals surface area contributed by atoms with Gasteiger partial charge in [0.25, 0.3) is 5.91 Å². The number of hydrogen-bond acceptors (Lipinski definition) is 2. The van der Waals surface area contributed by atoms with Crippen molar-refractivity contribution >= 4 is 21.8 Å². The van der Waals surface area contributed by atoms with Crippen LogP contribution in [0.4, 0.5) is 0 Å². The number of carbonyl (C=O) groups is 1. The van der Waals surface area contributed by atoms with Gasteiger partial charge in [-0.15, -0.1) is 0 Å². The second kappa shape index (κ2) is 4.67. The molecule has 1 aromatic rings. The van der Waals surface area contributed by atoms with Crippen molar-refractivity contribution in [3.63, 3.8) is 0 Å². The standard InChI is InChI=1S/C14H18BrNO2/c1-8-4-5-10(15)9(6-8)13(18)16-11-7-12(17)14(11,2)3/h4-6,11-12,17H,7H2,1-3H3,(H,16,18)/t11-,12+/m0/s1. The SMILES string of the molecule is Cc1ccc(Br)c(C(=O)N[C@H]2C[C@@H](O)C2(C)C)c1. The predicted octanol–water partition coefficient (Wildman–Crippen LogP) is 2.65. The molecule has 0 aromatic heterocycles. The summed E-state index contributed by atoms with van der Waals surface area (Å²) in [5.74, 6) is -0.0875. The molecule has 18 heavy (non-hydrogen) atoms. The van der Waals surface area contributed by atoms with Crippen molar-refractivity contribution < 1.29 is 9.90 Å². The molecule has 3 nitrogen and oxygen atoms in total. The van der Waals surface area contributed by atoms with Gasteiger partial charge in [-0.3, -0.25) is 4.79 Å². The van der Waals surface area contributed by atoms with Gasteiger partial charge in [-0.1, -0.05) is 25.5 Å². The average molecular weight is 312 g/mol. The highest BCUT2D eigenvalue weighted by Gasteiger charge is 2.48. The molecule has 1 aliphatic carbocycles. The Morgan fingerprint density at radius 3 is 2.72 bits per heavy atom. The number of benzene rings is 1. The van der Waals surface area contributed by atoms with Gasteiger partial charge >= 0.3 is 0 Å². The van der Waals surface area contributed by atoms with Gasteiger partial charge in [0.15, 0.2) is 0 Å². The monoisotopic (exact) mass is 311 g/mol. The topological polar surface area (TPSA) is 49.3 Å². The lowest BCUT2D eigenvalue weighted by Crippen LogP contribution is -2.61. The van der Waals surface area contributed by atoms with Crippen LogP contribution >= 0.6 is 15.9 Å². The lowest BCUT2D eigenvalue weighted by atomic mass is 9.64. The Hall–Kier alpha value is -0.870. The molecule has 1 saturated carbocycles. The average Bonchev–Trinajstić information content (AvgIpc) is 2.31. The summed E-state index contributed by atoms with van der Waals surface area (Å²) < 4.78 is 0.795. The number of nitrogens with one attached hydrogen (secondary N) is 1. The van der Waals surface area contributed by atoms with Crippen LogP contribution in [0.5, 0.6) is 0 Å². The van der Waals surface area contributed by atoms with Gasteiger partial charge in [0.2, 0.25) is 0 Å². The van der Waals surface area contributed by atoms with Gasteiger partial charge in [0.05, 0.1) is 11.7 Å². The summed E-state index contributed by atoms with van der Waals surface area (Å²) in [7, 11) is 0. The Bertz CT molecular complexity index is 485. The van der Waals surface area contributed by atoms with Gasteiger partial charge in [-0.05, 0) is 41.4 Å². The number of halogens is 1. The predicted molar refractivity (Wildman–Crippen MR) is 74.5 cm³/mol. The van der Waals surface area contributed by atoms with Crippen LogP contribution in [-0.2, 0) is 0 Å². The summed E-state index contributed by atoms with van der Waals surface area (Å²) in [6, 6.07) is 5.73. The van der Waals surface area contributed by atoms with Crippen LogP contribution in [0.25, 0.3) is 0 Å². The molecule has 0 spiro atoms. The Balaban J connectivity index is 2.12. The van der Waals surface area contributed by atoms with Crippen LogP contribution in [-0.4, -0.2) is 23.2 Å². The summed E-state index contributed by atoms with van der Waals surface area (Å²) in [5.41, 5.74) is 1.45. The maximum atomic E-state index is 12.2. The quantitative estimate of drug-likeness (QED) is 0.882. The number of hydrogen-bond donors (Lipinski definition) is 2. The van der Waals surface area contributed by atoms with E-state index in [1.165, 1.54) is 0 Å². The van der Waals surface area contributed by atoms with Crippen LogP contribution in [0.3, 0.4) is 0 Å². The fourth-order valence-corrected chi connectivity index (χ4v) is 2.62. The van der Waals surface area contributed by atoms with E-state index in [-0.39, 0.29) is 23.5 Å². The van der Waals surface area contributed by atoms with E-state index in [0.717, 1.165) is 10.0 Å². The first kappa shape index (κ1) is 13.6. The smallest absolute Gasteiger partial charge is 0.252 e. The van der Waals surface area contributed by atoms with Crippen LogP contribution < -0.4 is 5.32 Å². The molecule has 98 valence electrons. The molecule has 1 amide bonds. The van der Waals surface area contributed by atoms with Crippen molar-refractivity contribution in [2.45, 2.75) is 39.3 Å². The van der Waals surface area contributed by atoms with Crippen molar-refractivity contribution in [2.75, 3.05) is 0 Å². The van der Waals surface area contributed by atoms with E-state index >= 15 is 0 Å². The Kier molecular flexibility index (Phi) is 3.52. The number of amides is 1. The normalized spacial score (nSPS) is 25.4. The minimum absolute atomic E-state index is 0.0346. The summed E-state index contributed by atoms with van der Waals surface area (Å²) in [6.07, 6.45) is 0.297. The molecule has 2 rings (SSSR count). The second-order valence-electron chi connectivity index (χ2n) is 5.58. The molecule has 1 fully saturated rings. The van der Waals surface area contributed by atoms with E-state index in [9.17, 15) is 9.90 Å². The summed E-state index contributed by atoms with van der Waals surface area (Å²) in [5, 5.41) is 12.7. The second-order valence-corrected chi connectivity index (χ2v) is 6.44. The third-order valence-electron chi connectivity index (χ3n) is 3.89. The number of aliphatic hydroxyl groups excluding tert-OH is 1. The molecule has 1 aromatic carbocycles. The molecule has 2 atom stereocenters. The van der Waals surface area contributed by atoms with E-state index in [1.54, 1.807) is 0 Å². The number of carbonyl (C=O) groups excluding carboxylic acids is 1. The molecular formula is C14H18BrNO2. The molecule has 0 bridgehead atoms. The van der Waals surface area contributed by atoms with E-state index < -0.39 is 0 Å². The van der Waals surface area contributed by atoms with Gasteiger partial charge in [-0.2, -0.15) is 0 Å². The van der Waals surface area contributed by atoms with Crippen molar-refractivity contribution in [1.29, 1.82) is 0 Å². The number of rotatable bonds is 2. The summed E-state index contributed by atoms with van der Waals surface area (Å²) in [4.78, 5) is 12.2. The largest absolute Gasteiger partial charge is 0.392 e. The lowest BCUT2D eigenvalue weighted by Gasteiger charge is -2.49. The van der Waals surface area contributed by atoms with E-state index in [2.05, 4.69) is 21.2 Å². The van der Waals surface area contributed by atoms with Gasteiger partial charge in [0, 0.05) is 15.9 Å². The number of aliphatic hydroxyl groups is 1. The highest BCUT2D eigenvalue weighted by Crippen LogP contribution is 2.40. The highest BCUT2D eigenvalue weighted by atomic mass is 79.9. The summed E-state index contributed by atoms with van der Waals surface area (Å²) in [6.45, 7) is 5.90. The van der Waals surface area contributed by atoms with E-state index in [0.29, 0.717) is 12.0 Å². The minimum Gasteiger partial charge on any atom is -0.392 e. The van der Waals surface area contributed by atoms with Crippen LogP contribution in [0.1, 0.15) is 36.2 Å². The molecule has 4 heteroatoms. The lowest BCUT2D eigenvalue weighted by molar-refractivity contribution is -0.0689. The number of aryl methyl sites for hydroxylation is 1. The van der Waals surface area contributed by atoms with Gasteiger partial charge < -0.3 is 10.4 Å². The van der Waals surface area contributed by atoms with Crippen molar-refractivity contribution in [3.05, 3.63) is 33.8 Å². The van der Waals surface area contributed by atoms with Gasteiger partial charge in [-0.25, -0.2) is 0 Å². The Morgan fingerprint density at radius 1 is 1.50 bits per heavy atom. The van der Waals surface area contributed by atoms with Crippen molar-refractivity contribution in [1.82, 2.24) is 5.32 Å². The first-order valence-corrected chi connectivity index (χ1v) is 6.86. The van der Waals surface area contributed by atoms with E-state index in [1.807, 2.05) is 39.0 Å². The molecule has 0 radical (unpaired) electrons. The zero-order valence-corrected chi connectivity index (χ0v) is 12.4. The molecule has 2 N–H and O–H groups in total. The highest BCUT2D eigenvalue weighted by molar-refractivity contribution is 9.10. The molecule has 0 saturated heterocycles. The third kappa shape index (κ3) is 2.31. The fraction of sp³-hybridized carbons (Fsp3) is 0.500. The van der Waals surface area contributed by atoms with Crippen LogP contribution in [0.2, 0.25) is 0 Å². The minimum atomic E-state index is -0.330. The van der Waals surface area contributed by atoms with E-state index in [4.69, 9.17) is 0 Å². The zero-order valence-electron chi connectivity index (χ0n) is 10.8. The molecule has 0 heterocycles. The third-order valence-corrected chi connectivity index (χ3v) is 4.58. The maximum Gasteiger partial charge on any atom is 0.252 e. The van der Waals surface area contributed by atoms with Crippen molar-refractivity contribution in [3.8, 4) is 0 Å². The first-order valence-electron chi connectivity index (χ1n) is 6.07. The molecule has 0 unspecified atom stereocenters.